The average molecular weight is 421 g/mol. The molecule has 0 aliphatic carbocycles. The van der Waals surface area contributed by atoms with Crippen LogP contribution in [0, 0.1) is 17.6 Å². The number of benzene rings is 2. The lowest BCUT2D eigenvalue weighted by Gasteiger charge is -2.39. The topological polar surface area (TPSA) is 75.4 Å². The fourth-order valence-corrected chi connectivity index (χ4v) is 4.64. The molecular weight excluding hydrogens is 400 g/mol. The van der Waals surface area contributed by atoms with Gasteiger partial charge in [-0.05, 0) is 61.7 Å². The number of hydrogen-bond acceptors (Lipinski definition) is 5. The first-order chi connectivity index (χ1) is 13.9. The van der Waals surface area contributed by atoms with Gasteiger partial charge in [0.2, 0.25) is 10.0 Å². The van der Waals surface area contributed by atoms with Gasteiger partial charge in [0, 0.05) is 31.1 Å². The zero-order valence-electron chi connectivity index (χ0n) is 15.6. The van der Waals surface area contributed by atoms with Gasteiger partial charge in [0.05, 0.1) is 10.6 Å². The molecule has 1 aliphatic heterocycles. The molecule has 1 fully saturated rings. The molecule has 0 atom stereocenters. The number of halogens is 2. The van der Waals surface area contributed by atoms with E-state index in [9.17, 15) is 17.2 Å². The van der Waals surface area contributed by atoms with Crippen LogP contribution >= 0.6 is 0 Å². The van der Waals surface area contributed by atoms with Crippen LogP contribution in [0.5, 0.6) is 0 Å². The van der Waals surface area contributed by atoms with Crippen molar-refractivity contribution >= 4 is 21.0 Å². The highest BCUT2D eigenvalue weighted by Crippen LogP contribution is 2.22. The maximum atomic E-state index is 13.2. The van der Waals surface area contributed by atoms with Gasteiger partial charge < -0.3 is 9.42 Å². The van der Waals surface area contributed by atoms with Crippen molar-refractivity contribution in [3.05, 3.63) is 59.8 Å². The maximum Gasteiger partial charge on any atom is 0.240 e. The Labute approximate surface area is 167 Å². The highest BCUT2D eigenvalue weighted by Gasteiger charge is 2.27. The first-order valence-electron chi connectivity index (χ1n) is 9.42. The molecule has 1 saturated heterocycles. The molecule has 0 radical (unpaired) electrons. The third-order valence-corrected chi connectivity index (χ3v) is 6.55. The summed E-state index contributed by atoms with van der Waals surface area (Å²) < 4.78 is 58.3. The van der Waals surface area contributed by atoms with Crippen molar-refractivity contribution in [3.63, 3.8) is 0 Å². The minimum absolute atomic E-state index is 0.0646. The summed E-state index contributed by atoms with van der Waals surface area (Å²) in [5.41, 5.74) is 1.28. The summed E-state index contributed by atoms with van der Waals surface area (Å²) in [5, 5.41) is 4.86. The molecule has 4 rings (SSSR count). The largest absolute Gasteiger partial charge is 0.356 e. The summed E-state index contributed by atoms with van der Waals surface area (Å²) >= 11 is 0. The first-order valence-corrected chi connectivity index (χ1v) is 10.9. The van der Waals surface area contributed by atoms with Gasteiger partial charge in [-0.15, -0.1) is 0 Å². The zero-order valence-corrected chi connectivity index (χ0v) is 16.5. The molecule has 3 aromatic rings. The molecule has 1 aromatic heterocycles. The Kier molecular flexibility index (Phi) is 5.62. The number of aryl methyl sites for hydroxylation is 1. The molecule has 0 bridgehead atoms. The molecule has 9 heteroatoms. The first kappa shape index (κ1) is 19.9. The minimum atomic E-state index is -3.62. The predicted octanol–water partition coefficient (Wildman–Crippen LogP) is 2.95. The van der Waals surface area contributed by atoms with Crippen LogP contribution in [0.1, 0.15) is 12.1 Å². The second kappa shape index (κ2) is 8.17. The van der Waals surface area contributed by atoms with E-state index in [0.717, 1.165) is 55.7 Å². The van der Waals surface area contributed by atoms with Crippen LogP contribution in [0.25, 0.3) is 11.0 Å². The van der Waals surface area contributed by atoms with Gasteiger partial charge in [0.15, 0.2) is 5.58 Å². The van der Waals surface area contributed by atoms with Crippen LogP contribution in [-0.2, 0) is 16.4 Å². The molecular formula is C20H21F2N3O3S. The Balaban J connectivity index is 1.19. The Morgan fingerprint density at radius 2 is 1.83 bits per heavy atom. The molecule has 0 saturated carbocycles. The van der Waals surface area contributed by atoms with Gasteiger partial charge in [-0.1, -0.05) is 5.16 Å². The van der Waals surface area contributed by atoms with Crippen LogP contribution in [0.3, 0.4) is 0 Å². The van der Waals surface area contributed by atoms with Crippen LogP contribution in [0.15, 0.2) is 51.9 Å². The number of rotatable bonds is 8. The minimum Gasteiger partial charge on any atom is -0.356 e. The molecule has 1 aliphatic rings. The van der Waals surface area contributed by atoms with Gasteiger partial charge in [0.1, 0.15) is 11.6 Å². The van der Waals surface area contributed by atoms with Crippen molar-refractivity contribution in [2.24, 2.45) is 5.92 Å². The summed E-state index contributed by atoms with van der Waals surface area (Å²) in [6.07, 6.45) is 1.62. The Morgan fingerprint density at radius 3 is 2.59 bits per heavy atom. The highest BCUT2D eigenvalue weighted by atomic mass is 32.2. The number of hydrogen-bond donors (Lipinski definition) is 1. The second-order valence-electron chi connectivity index (χ2n) is 7.30. The van der Waals surface area contributed by atoms with Crippen molar-refractivity contribution in [1.29, 1.82) is 0 Å². The van der Waals surface area contributed by atoms with Crippen molar-refractivity contribution in [2.75, 3.05) is 26.2 Å². The summed E-state index contributed by atoms with van der Waals surface area (Å²) in [5.74, 6) is -0.563. The monoisotopic (exact) mass is 421 g/mol. The number of fused-ring (bicyclic) bond motifs is 1. The molecule has 154 valence electrons. The summed E-state index contributed by atoms with van der Waals surface area (Å²) in [6, 6.07) is 9.19. The predicted molar refractivity (Wildman–Crippen MR) is 104 cm³/mol. The molecule has 6 nitrogen and oxygen atoms in total. The fraction of sp³-hybridized carbons (Fsp3) is 0.350. The number of nitrogens with one attached hydrogen (secondary N) is 1. The third-order valence-electron chi connectivity index (χ3n) is 5.12. The molecule has 0 spiro atoms. The van der Waals surface area contributed by atoms with Crippen LogP contribution in [-0.4, -0.2) is 44.7 Å². The lowest BCUT2D eigenvalue weighted by atomic mass is 10.00. The normalized spacial score (nSPS) is 15.7. The molecule has 1 N–H and O–H groups in total. The summed E-state index contributed by atoms with van der Waals surface area (Å²) in [4.78, 5) is 2.31. The number of sulfonamides is 1. The summed E-state index contributed by atoms with van der Waals surface area (Å²) in [6.45, 7) is 2.86. The Hall–Kier alpha value is -2.36. The van der Waals surface area contributed by atoms with Gasteiger partial charge in [0.25, 0.3) is 0 Å². The molecule has 29 heavy (non-hydrogen) atoms. The van der Waals surface area contributed by atoms with Gasteiger partial charge in [-0.3, -0.25) is 0 Å². The standard InChI is InChI=1S/C20H21F2N3O3S/c21-15-3-6-17(7-4-15)29(26,27)23-11-14-12-25(13-14)9-1-2-19-18-8-5-16(22)10-20(18)28-24-19/h3-8,10,14,23H,1-2,9,11-13H2. The van der Waals surface area contributed by atoms with E-state index in [1.165, 1.54) is 24.3 Å². The lowest BCUT2D eigenvalue weighted by molar-refractivity contribution is 0.102. The zero-order chi connectivity index (χ0) is 20.4. The van der Waals surface area contributed by atoms with Gasteiger partial charge in [-0.2, -0.15) is 0 Å². The highest BCUT2D eigenvalue weighted by molar-refractivity contribution is 7.89. The van der Waals surface area contributed by atoms with E-state index in [-0.39, 0.29) is 16.6 Å². The number of nitrogens with zero attached hydrogens (tertiary/aromatic N) is 2. The van der Waals surface area contributed by atoms with Crippen LogP contribution in [0.4, 0.5) is 8.78 Å². The van der Waals surface area contributed by atoms with Crippen molar-refractivity contribution in [3.8, 4) is 0 Å². The Bertz CT molecular complexity index is 1090. The van der Waals surface area contributed by atoms with Gasteiger partial charge >= 0.3 is 0 Å². The van der Waals surface area contributed by atoms with E-state index in [0.29, 0.717) is 12.1 Å². The van der Waals surface area contributed by atoms with Crippen molar-refractivity contribution in [1.82, 2.24) is 14.8 Å². The van der Waals surface area contributed by atoms with E-state index in [2.05, 4.69) is 14.8 Å². The molecule has 2 aromatic carbocycles. The van der Waals surface area contributed by atoms with Crippen LogP contribution in [0.2, 0.25) is 0 Å². The number of likely N-dealkylation sites (tertiary alicyclic amines) is 1. The molecule has 0 amide bonds. The number of aromatic nitrogens is 1. The third kappa shape index (κ3) is 4.63. The smallest absolute Gasteiger partial charge is 0.240 e. The average Bonchev–Trinajstić information content (AvgIpc) is 3.05. The van der Waals surface area contributed by atoms with Crippen molar-refractivity contribution < 1.29 is 21.7 Å². The van der Waals surface area contributed by atoms with Gasteiger partial charge in [-0.25, -0.2) is 21.9 Å². The van der Waals surface area contributed by atoms with Crippen LogP contribution < -0.4 is 4.72 Å². The SMILES string of the molecule is O=S(=O)(NCC1CN(CCCc2noc3cc(F)ccc23)C1)c1ccc(F)cc1. The maximum absolute atomic E-state index is 13.2. The van der Waals surface area contributed by atoms with E-state index in [1.54, 1.807) is 6.07 Å². The fourth-order valence-electron chi connectivity index (χ4n) is 3.53. The Morgan fingerprint density at radius 1 is 1.10 bits per heavy atom. The molecule has 2 heterocycles. The van der Waals surface area contributed by atoms with E-state index >= 15 is 0 Å². The van der Waals surface area contributed by atoms with E-state index in [4.69, 9.17) is 4.52 Å². The summed E-state index contributed by atoms with van der Waals surface area (Å²) in [7, 11) is -3.62. The quantitative estimate of drug-likeness (QED) is 0.605. The van der Waals surface area contributed by atoms with Crippen molar-refractivity contribution in [2.45, 2.75) is 17.7 Å². The second-order valence-corrected chi connectivity index (χ2v) is 9.07. The molecule has 0 unspecified atom stereocenters. The van der Waals surface area contributed by atoms with E-state index in [1.807, 2.05) is 0 Å². The van der Waals surface area contributed by atoms with E-state index < -0.39 is 15.8 Å². The lowest BCUT2D eigenvalue weighted by Crippen LogP contribution is -2.51.